The Hall–Kier alpha value is -1.06. The molecule has 18 heavy (non-hydrogen) atoms. The van der Waals surface area contributed by atoms with Gasteiger partial charge in [0.1, 0.15) is 0 Å². The van der Waals surface area contributed by atoms with Crippen molar-refractivity contribution in [2.24, 2.45) is 11.8 Å². The maximum atomic E-state index is 12.5. The molecule has 1 N–H and O–H groups in total. The fraction of sp³-hybridized carbons (Fsp3) is 0.857. The standard InChI is InChI=1S/C14H24N2O2/c1-10(2)7-8-16(12-4-5-12)14(18)11-3-6-13(17)15-9-11/h10-12H,3-9H2,1-2H3,(H,15,17). The maximum absolute atomic E-state index is 12.5. The zero-order valence-corrected chi connectivity index (χ0v) is 11.4. The number of nitrogens with one attached hydrogen (secondary N) is 1. The molecule has 0 bridgehead atoms. The smallest absolute Gasteiger partial charge is 0.227 e. The molecule has 1 atom stereocenters. The van der Waals surface area contributed by atoms with E-state index in [0.717, 1.165) is 32.2 Å². The van der Waals surface area contributed by atoms with E-state index in [1.54, 1.807) is 0 Å². The van der Waals surface area contributed by atoms with E-state index in [0.29, 0.717) is 24.9 Å². The zero-order chi connectivity index (χ0) is 13.1. The third kappa shape index (κ3) is 3.47. The van der Waals surface area contributed by atoms with Crippen LogP contribution in [-0.2, 0) is 9.59 Å². The third-order valence-corrected chi connectivity index (χ3v) is 3.83. The molecule has 0 spiro atoms. The van der Waals surface area contributed by atoms with Crippen molar-refractivity contribution in [3.63, 3.8) is 0 Å². The molecule has 1 unspecified atom stereocenters. The number of rotatable bonds is 5. The van der Waals surface area contributed by atoms with E-state index < -0.39 is 0 Å². The zero-order valence-electron chi connectivity index (χ0n) is 11.4. The molecule has 2 aliphatic rings. The van der Waals surface area contributed by atoms with Crippen molar-refractivity contribution in [2.45, 2.75) is 52.0 Å². The van der Waals surface area contributed by atoms with Crippen LogP contribution in [0.25, 0.3) is 0 Å². The lowest BCUT2D eigenvalue weighted by atomic mass is 9.97. The molecule has 4 heteroatoms. The number of hydrogen-bond acceptors (Lipinski definition) is 2. The predicted molar refractivity (Wildman–Crippen MR) is 69.9 cm³/mol. The second kappa shape index (κ2) is 5.72. The topological polar surface area (TPSA) is 49.4 Å². The van der Waals surface area contributed by atoms with Crippen LogP contribution < -0.4 is 5.32 Å². The van der Waals surface area contributed by atoms with Gasteiger partial charge in [0.15, 0.2) is 0 Å². The maximum Gasteiger partial charge on any atom is 0.227 e. The van der Waals surface area contributed by atoms with Crippen LogP contribution in [0.1, 0.15) is 46.0 Å². The highest BCUT2D eigenvalue weighted by Gasteiger charge is 2.36. The van der Waals surface area contributed by atoms with Crippen LogP contribution in [0.15, 0.2) is 0 Å². The van der Waals surface area contributed by atoms with Crippen LogP contribution in [0.3, 0.4) is 0 Å². The highest BCUT2D eigenvalue weighted by atomic mass is 16.2. The summed E-state index contributed by atoms with van der Waals surface area (Å²) < 4.78 is 0. The Morgan fingerprint density at radius 1 is 1.39 bits per heavy atom. The summed E-state index contributed by atoms with van der Waals surface area (Å²) in [6, 6.07) is 0.480. The minimum Gasteiger partial charge on any atom is -0.355 e. The Morgan fingerprint density at radius 3 is 2.61 bits per heavy atom. The lowest BCUT2D eigenvalue weighted by Gasteiger charge is -2.30. The number of carbonyl (C=O) groups is 2. The minimum absolute atomic E-state index is 0.00969. The molecule has 0 aromatic heterocycles. The summed E-state index contributed by atoms with van der Waals surface area (Å²) in [6.07, 6.45) is 4.60. The highest BCUT2D eigenvalue weighted by molar-refractivity contribution is 5.84. The van der Waals surface area contributed by atoms with E-state index in [4.69, 9.17) is 0 Å². The average molecular weight is 252 g/mol. The normalized spacial score (nSPS) is 23.9. The molecule has 2 amide bonds. The van der Waals surface area contributed by atoms with Crippen molar-refractivity contribution in [3.05, 3.63) is 0 Å². The monoisotopic (exact) mass is 252 g/mol. The third-order valence-electron chi connectivity index (χ3n) is 3.83. The van der Waals surface area contributed by atoms with E-state index in [1.807, 2.05) is 0 Å². The van der Waals surface area contributed by atoms with E-state index in [-0.39, 0.29) is 17.7 Å². The quantitative estimate of drug-likeness (QED) is 0.807. The van der Waals surface area contributed by atoms with Crippen molar-refractivity contribution in [3.8, 4) is 0 Å². The molecule has 4 nitrogen and oxygen atoms in total. The van der Waals surface area contributed by atoms with Crippen LogP contribution in [-0.4, -0.2) is 35.8 Å². The van der Waals surface area contributed by atoms with Gasteiger partial charge in [0.05, 0.1) is 5.92 Å². The van der Waals surface area contributed by atoms with E-state index in [1.165, 1.54) is 0 Å². The fourth-order valence-electron chi connectivity index (χ4n) is 2.43. The number of nitrogens with zero attached hydrogens (tertiary/aromatic N) is 1. The Labute approximate surface area is 109 Å². The largest absolute Gasteiger partial charge is 0.355 e. The van der Waals surface area contributed by atoms with Gasteiger partial charge in [-0.15, -0.1) is 0 Å². The minimum atomic E-state index is 0.00969. The molecule has 1 aliphatic carbocycles. The fourth-order valence-corrected chi connectivity index (χ4v) is 2.43. The summed E-state index contributed by atoms with van der Waals surface area (Å²) in [6.45, 7) is 5.79. The van der Waals surface area contributed by atoms with Crippen LogP contribution >= 0.6 is 0 Å². The van der Waals surface area contributed by atoms with E-state index in [2.05, 4.69) is 24.1 Å². The van der Waals surface area contributed by atoms with Gasteiger partial charge in [-0.2, -0.15) is 0 Å². The van der Waals surface area contributed by atoms with Gasteiger partial charge in [-0.05, 0) is 31.6 Å². The van der Waals surface area contributed by atoms with Crippen molar-refractivity contribution in [1.82, 2.24) is 10.2 Å². The Morgan fingerprint density at radius 2 is 2.11 bits per heavy atom. The molecule has 1 aliphatic heterocycles. The van der Waals surface area contributed by atoms with Gasteiger partial charge < -0.3 is 10.2 Å². The van der Waals surface area contributed by atoms with Crippen molar-refractivity contribution in [2.75, 3.05) is 13.1 Å². The molecule has 1 saturated carbocycles. The first-order valence-electron chi connectivity index (χ1n) is 7.15. The van der Waals surface area contributed by atoms with Crippen molar-refractivity contribution in [1.29, 1.82) is 0 Å². The summed E-state index contributed by atoms with van der Waals surface area (Å²) in [5.74, 6) is 0.984. The molecule has 0 aromatic rings. The summed E-state index contributed by atoms with van der Waals surface area (Å²) in [4.78, 5) is 25.7. The molecule has 1 heterocycles. The number of hydrogen-bond donors (Lipinski definition) is 1. The number of piperidine rings is 1. The van der Waals surface area contributed by atoms with Gasteiger partial charge in [0.25, 0.3) is 0 Å². The first kappa shape index (κ1) is 13.4. The van der Waals surface area contributed by atoms with Crippen molar-refractivity contribution >= 4 is 11.8 Å². The van der Waals surface area contributed by atoms with Crippen LogP contribution in [0.4, 0.5) is 0 Å². The molecule has 0 aromatic carbocycles. The van der Waals surface area contributed by atoms with Crippen LogP contribution in [0.5, 0.6) is 0 Å². The van der Waals surface area contributed by atoms with Gasteiger partial charge in [-0.3, -0.25) is 9.59 Å². The Bertz CT molecular complexity index is 314. The second-order valence-corrected chi connectivity index (χ2v) is 5.99. The summed E-state index contributed by atoms with van der Waals surface area (Å²) in [7, 11) is 0. The highest BCUT2D eigenvalue weighted by Crippen LogP contribution is 2.29. The van der Waals surface area contributed by atoms with Crippen LogP contribution in [0, 0.1) is 11.8 Å². The lowest BCUT2D eigenvalue weighted by molar-refractivity contribution is -0.138. The first-order valence-corrected chi connectivity index (χ1v) is 7.15. The van der Waals surface area contributed by atoms with Crippen molar-refractivity contribution < 1.29 is 9.59 Å². The molecular weight excluding hydrogens is 228 g/mol. The molecular formula is C14H24N2O2. The van der Waals surface area contributed by atoms with Gasteiger partial charge in [-0.1, -0.05) is 13.8 Å². The number of amides is 2. The SMILES string of the molecule is CC(C)CCN(C(=O)C1CCC(=O)NC1)C1CC1. The molecule has 2 fully saturated rings. The predicted octanol–water partition coefficient (Wildman–Crippen LogP) is 1.55. The van der Waals surface area contributed by atoms with E-state index in [9.17, 15) is 9.59 Å². The summed E-state index contributed by atoms with van der Waals surface area (Å²) >= 11 is 0. The molecule has 0 radical (unpaired) electrons. The Kier molecular flexibility index (Phi) is 4.25. The van der Waals surface area contributed by atoms with Gasteiger partial charge in [-0.25, -0.2) is 0 Å². The molecule has 2 rings (SSSR count). The van der Waals surface area contributed by atoms with Crippen LogP contribution in [0.2, 0.25) is 0 Å². The molecule has 102 valence electrons. The number of carbonyl (C=O) groups excluding carboxylic acids is 2. The lowest BCUT2D eigenvalue weighted by Crippen LogP contribution is -2.46. The first-order chi connectivity index (χ1) is 8.58. The van der Waals surface area contributed by atoms with Gasteiger partial charge in [0.2, 0.25) is 11.8 Å². The van der Waals surface area contributed by atoms with Gasteiger partial charge in [0, 0.05) is 25.6 Å². The Balaban J connectivity index is 1.89. The average Bonchev–Trinajstić information content (AvgIpc) is 3.14. The van der Waals surface area contributed by atoms with E-state index >= 15 is 0 Å². The van der Waals surface area contributed by atoms with Gasteiger partial charge >= 0.3 is 0 Å². The second-order valence-electron chi connectivity index (χ2n) is 5.99. The molecule has 1 saturated heterocycles. The summed E-state index contributed by atoms with van der Waals surface area (Å²) in [5.41, 5.74) is 0. The summed E-state index contributed by atoms with van der Waals surface area (Å²) in [5, 5.41) is 2.81.